The van der Waals surface area contributed by atoms with Crippen LogP contribution in [0.1, 0.15) is 29.9 Å². The molecule has 0 saturated heterocycles. The molecule has 0 radical (unpaired) electrons. The van der Waals surface area contributed by atoms with Gasteiger partial charge in [0.15, 0.2) is 0 Å². The van der Waals surface area contributed by atoms with Crippen LogP contribution in [0.2, 0.25) is 0 Å². The predicted molar refractivity (Wildman–Crippen MR) is 126 cm³/mol. The van der Waals surface area contributed by atoms with Crippen LogP contribution < -0.4 is 5.32 Å². The number of benzene rings is 2. The van der Waals surface area contributed by atoms with E-state index in [1.807, 2.05) is 54.8 Å². The van der Waals surface area contributed by atoms with Gasteiger partial charge in [0, 0.05) is 18.0 Å². The van der Waals surface area contributed by atoms with Gasteiger partial charge in [-0.15, -0.1) is 0 Å². The van der Waals surface area contributed by atoms with E-state index in [4.69, 9.17) is 4.98 Å². The maximum atomic E-state index is 4.72. The second-order valence-corrected chi connectivity index (χ2v) is 7.78. The number of fused-ring (bicyclic) bond motifs is 1. The van der Waals surface area contributed by atoms with Crippen molar-refractivity contribution >= 4 is 17.0 Å². The maximum absolute atomic E-state index is 4.72. The Bertz CT molecular complexity index is 1390. The Balaban J connectivity index is 1.46. The number of hydrogen-bond donors (Lipinski definition) is 1. The molecule has 0 aliphatic rings. The lowest BCUT2D eigenvalue weighted by Gasteiger charge is -2.14. The lowest BCUT2D eigenvalue weighted by atomic mass is 10.1. The Morgan fingerprint density at radius 3 is 2.59 bits per heavy atom. The van der Waals surface area contributed by atoms with Crippen LogP contribution in [-0.4, -0.2) is 29.5 Å². The van der Waals surface area contributed by atoms with Crippen molar-refractivity contribution in [2.75, 3.05) is 5.32 Å². The zero-order valence-corrected chi connectivity index (χ0v) is 18.2. The van der Waals surface area contributed by atoms with Crippen molar-refractivity contribution < 1.29 is 0 Å². The summed E-state index contributed by atoms with van der Waals surface area (Å²) in [5.74, 6) is 1.33. The van der Waals surface area contributed by atoms with Gasteiger partial charge < -0.3 is 5.32 Å². The molecule has 0 bridgehead atoms. The minimum absolute atomic E-state index is 0.0900. The van der Waals surface area contributed by atoms with Gasteiger partial charge in [-0.25, -0.2) is 15.0 Å². The molecule has 2 aromatic carbocycles. The monoisotopic (exact) mass is 421 g/mol. The van der Waals surface area contributed by atoms with E-state index in [2.05, 4.69) is 50.4 Å². The molecule has 0 aliphatic carbocycles. The van der Waals surface area contributed by atoms with Gasteiger partial charge >= 0.3 is 0 Å². The number of anilines is 1. The maximum Gasteiger partial charge on any atom is 0.225 e. The first-order valence-corrected chi connectivity index (χ1v) is 10.5. The zero-order chi connectivity index (χ0) is 22.1. The van der Waals surface area contributed by atoms with Crippen molar-refractivity contribution in [1.82, 2.24) is 29.5 Å². The zero-order valence-electron chi connectivity index (χ0n) is 18.2. The minimum Gasteiger partial charge on any atom is -0.348 e. The Kier molecular flexibility index (Phi) is 5.07. The molecule has 0 saturated carbocycles. The van der Waals surface area contributed by atoms with Crippen molar-refractivity contribution in [2.45, 2.75) is 26.8 Å². The molecule has 0 spiro atoms. The van der Waals surface area contributed by atoms with Crippen LogP contribution in [0.25, 0.3) is 28.1 Å². The molecule has 0 fully saturated rings. The molecule has 7 nitrogen and oxygen atoms in total. The summed E-state index contributed by atoms with van der Waals surface area (Å²) in [6, 6.07) is 18.3. The van der Waals surface area contributed by atoms with Gasteiger partial charge in [0.05, 0.1) is 34.2 Å². The third-order valence-corrected chi connectivity index (χ3v) is 5.43. The molecule has 3 aromatic heterocycles. The molecule has 7 heteroatoms. The molecule has 1 atom stereocenters. The number of imidazole rings is 1. The van der Waals surface area contributed by atoms with Crippen LogP contribution in [0.15, 0.2) is 73.3 Å². The molecule has 5 aromatic rings. The number of aryl methyl sites for hydroxylation is 2. The first-order valence-electron chi connectivity index (χ1n) is 10.5. The van der Waals surface area contributed by atoms with Gasteiger partial charge in [0.2, 0.25) is 5.95 Å². The normalized spacial score (nSPS) is 12.1. The Morgan fingerprint density at radius 1 is 0.906 bits per heavy atom. The molecular formula is C25H23N7. The van der Waals surface area contributed by atoms with E-state index in [0.717, 1.165) is 39.5 Å². The summed E-state index contributed by atoms with van der Waals surface area (Å²) in [5, 5.41) is 3.38. The lowest BCUT2D eigenvalue weighted by Crippen LogP contribution is -2.10. The second-order valence-electron chi connectivity index (χ2n) is 7.78. The van der Waals surface area contributed by atoms with E-state index >= 15 is 0 Å². The fourth-order valence-corrected chi connectivity index (χ4v) is 3.73. The van der Waals surface area contributed by atoms with E-state index in [9.17, 15) is 0 Å². The summed E-state index contributed by atoms with van der Waals surface area (Å²) >= 11 is 0. The van der Waals surface area contributed by atoms with Crippen LogP contribution in [0.4, 0.5) is 5.95 Å². The highest BCUT2D eigenvalue weighted by Crippen LogP contribution is 2.26. The van der Waals surface area contributed by atoms with E-state index in [0.29, 0.717) is 5.95 Å². The van der Waals surface area contributed by atoms with Crippen molar-refractivity contribution in [2.24, 2.45) is 0 Å². The van der Waals surface area contributed by atoms with E-state index < -0.39 is 0 Å². The van der Waals surface area contributed by atoms with E-state index in [1.165, 1.54) is 5.56 Å². The smallest absolute Gasteiger partial charge is 0.225 e. The molecule has 32 heavy (non-hydrogen) atoms. The number of nitrogens with one attached hydrogen (secondary N) is 1. The average molecular weight is 422 g/mol. The van der Waals surface area contributed by atoms with Crippen molar-refractivity contribution in [1.29, 1.82) is 0 Å². The van der Waals surface area contributed by atoms with Crippen LogP contribution in [0.5, 0.6) is 0 Å². The van der Waals surface area contributed by atoms with E-state index in [1.54, 1.807) is 18.7 Å². The first-order chi connectivity index (χ1) is 15.6. The highest BCUT2D eigenvalue weighted by atomic mass is 15.2. The number of rotatable bonds is 5. The number of nitrogens with zero attached hydrogens (tertiary/aromatic N) is 6. The SMILES string of the molecule is Cc1cnc(C)c(-c2ccc3c(c2)ncn3-c2ccnc(NC(C)c3ccccc3)n2)n1. The third-order valence-electron chi connectivity index (χ3n) is 5.43. The van der Waals surface area contributed by atoms with Crippen LogP contribution >= 0.6 is 0 Å². The molecular weight excluding hydrogens is 398 g/mol. The number of hydrogen-bond acceptors (Lipinski definition) is 6. The Morgan fingerprint density at radius 2 is 1.75 bits per heavy atom. The highest BCUT2D eigenvalue weighted by Gasteiger charge is 2.12. The van der Waals surface area contributed by atoms with Gasteiger partial charge in [-0.3, -0.25) is 9.55 Å². The fraction of sp³-hybridized carbons (Fsp3) is 0.160. The fourth-order valence-electron chi connectivity index (χ4n) is 3.73. The van der Waals surface area contributed by atoms with Gasteiger partial charge in [-0.1, -0.05) is 36.4 Å². The van der Waals surface area contributed by atoms with Gasteiger partial charge in [-0.2, -0.15) is 4.98 Å². The Hall–Kier alpha value is -4.13. The minimum atomic E-state index is 0.0900. The summed E-state index contributed by atoms with van der Waals surface area (Å²) in [6.45, 7) is 6.01. The molecule has 3 heterocycles. The average Bonchev–Trinajstić information content (AvgIpc) is 3.25. The largest absolute Gasteiger partial charge is 0.348 e. The summed E-state index contributed by atoms with van der Waals surface area (Å²) in [5.41, 5.74) is 6.68. The quantitative estimate of drug-likeness (QED) is 0.427. The topological polar surface area (TPSA) is 81.4 Å². The summed E-state index contributed by atoms with van der Waals surface area (Å²) < 4.78 is 1.97. The van der Waals surface area contributed by atoms with Crippen LogP contribution in [0.3, 0.4) is 0 Å². The summed E-state index contributed by atoms with van der Waals surface area (Å²) in [4.78, 5) is 22.8. The molecule has 158 valence electrons. The Labute approximate surface area is 186 Å². The standard InChI is InChI=1S/C25H23N7/c1-16-14-27-18(3)24(29-16)20-9-10-22-21(13-20)28-15-32(22)23-11-12-26-25(31-23)30-17(2)19-7-5-4-6-8-19/h4-15,17H,1-3H3,(H,26,30,31). The first kappa shape index (κ1) is 19.8. The van der Waals surface area contributed by atoms with Crippen molar-refractivity contribution in [3.63, 3.8) is 0 Å². The lowest BCUT2D eigenvalue weighted by molar-refractivity contribution is 0.854. The molecule has 1 unspecified atom stereocenters. The van der Waals surface area contributed by atoms with Gasteiger partial charge in [-0.05, 0) is 44.5 Å². The predicted octanol–water partition coefficient (Wildman–Crippen LogP) is 5.06. The molecule has 5 rings (SSSR count). The van der Waals surface area contributed by atoms with Crippen molar-refractivity contribution in [3.8, 4) is 17.1 Å². The van der Waals surface area contributed by atoms with Crippen molar-refractivity contribution in [3.05, 3.63) is 90.3 Å². The summed E-state index contributed by atoms with van der Waals surface area (Å²) in [6.07, 6.45) is 5.33. The molecule has 1 N–H and O–H groups in total. The highest BCUT2D eigenvalue weighted by molar-refractivity contribution is 5.82. The third kappa shape index (κ3) is 3.80. The molecule has 0 amide bonds. The van der Waals surface area contributed by atoms with Gasteiger partial charge in [0.25, 0.3) is 0 Å². The second kappa shape index (κ2) is 8.19. The number of aromatic nitrogens is 6. The van der Waals surface area contributed by atoms with Gasteiger partial charge in [0.1, 0.15) is 12.1 Å². The molecule has 0 aliphatic heterocycles. The van der Waals surface area contributed by atoms with Crippen LogP contribution in [0, 0.1) is 13.8 Å². The van der Waals surface area contributed by atoms with E-state index in [-0.39, 0.29) is 6.04 Å². The summed E-state index contributed by atoms with van der Waals surface area (Å²) in [7, 11) is 0. The van der Waals surface area contributed by atoms with Crippen LogP contribution in [-0.2, 0) is 0 Å².